The van der Waals surface area contributed by atoms with E-state index in [-0.39, 0.29) is 24.3 Å². The number of carbonyl (C=O) groups is 2. The summed E-state index contributed by atoms with van der Waals surface area (Å²) in [7, 11) is 4.93. The molecule has 0 radical (unpaired) electrons. The van der Waals surface area contributed by atoms with Crippen LogP contribution in [0, 0.1) is 5.92 Å². The second-order valence-electron chi connectivity index (χ2n) is 4.39. The molecule has 0 saturated heterocycles. The summed E-state index contributed by atoms with van der Waals surface area (Å²) in [6.07, 6.45) is 0.850. The van der Waals surface area contributed by atoms with E-state index >= 15 is 0 Å². The Bertz CT molecular complexity index is 254. The lowest BCUT2D eigenvalue weighted by atomic mass is 9.99. The third kappa shape index (κ3) is 4.18. The van der Waals surface area contributed by atoms with E-state index in [1.54, 1.807) is 21.1 Å². The van der Waals surface area contributed by atoms with Gasteiger partial charge in [0.25, 0.3) is 0 Å². The van der Waals surface area contributed by atoms with Crippen molar-refractivity contribution in [3.8, 4) is 0 Å². The Kier molecular flexibility index (Phi) is 6.03. The Balaban J connectivity index is 4.33. The van der Waals surface area contributed by atoms with Crippen molar-refractivity contribution in [3.63, 3.8) is 0 Å². The van der Waals surface area contributed by atoms with Crippen LogP contribution in [0.25, 0.3) is 0 Å². The largest absolute Gasteiger partial charge is 0.347 e. The van der Waals surface area contributed by atoms with Crippen LogP contribution in [0.3, 0.4) is 0 Å². The van der Waals surface area contributed by atoms with Gasteiger partial charge in [0, 0.05) is 21.1 Å². The smallest absolute Gasteiger partial charge is 0.241 e. The Morgan fingerprint density at radius 1 is 1.25 bits per heavy atom. The van der Waals surface area contributed by atoms with Gasteiger partial charge in [-0.05, 0) is 5.92 Å². The molecule has 0 aromatic carbocycles. The Hall–Kier alpha value is -1.10. The molecule has 0 spiro atoms. The van der Waals surface area contributed by atoms with E-state index in [2.05, 4.69) is 0 Å². The van der Waals surface area contributed by atoms with E-state index in [0.29, 0.717) is 0 Å². The summed E-state index contributed by atoms with van der Waals surface area (Å²) >= 11 is 0. The van der Waals surface area contributed by atoms with E-state index in [4.69, 9.17) is 5.73 Å². The van der Waals surface area contributed by atoms with Crippen molar-refractivity contribution in [1.82, 2.24) is 9.80 Å². The fraction of sp³-hybridized carbons (Fsp3) is 0.818. The van der Waals surface area contributed by atoms with E-state index in [1.807, 2.05) is 13.8 Å². The fourth-order valence-corrected chi connectivity index (χ4v) is 1.17. The summed E-state index contributed by atoms with van der Waals surface area (Å²) in [5, 5.41) is 0. The molecule has 0 aromatic rings. The van der Waals surface area contributed by atoms with Crippen LogP contribution >= 0.6 is 0 Å². The maximum absolute atomic E-state index is 11.8. The molecule has 0 heterocycles. The van der Waals surface area contributed by atoms with Gasteiger partial charge < -0.3 is 15.5 Å². The minimum absolute atomic E-state index is 0.0793. The molecule has 0 bridgehead atoms. The van der Waals surface area contributed by atoms with Crippen molar-refractivity contribution < 1.29 is 9.59 Å². The Morgan fingerprint density at radius 2 is 1.75 bits per heavy atom. The average molecular weight is 229 g/mol. The highest BCUT2D eigenvalue weighted by Crippen LogP contribution is 2.07. The van der Waals surface area contributed by atoms with Crippen LogP contribution in [0.5, 0.6) is 0 Å². The third-order valence-electron chi connectivity index (χ3n) is 2.79. The van der Waals surface area contributed by atoms with Gasteiger partial charge in [-0.1, -0.05) is 20.3 Å². The lowest BCUT2D eigenvalue weighted by Crippen LogP contribution is -2.48. The molecule has 0 fully saturated rings. The number of carbonyl (C=O) groups excluding carboxylic acids is 2. The summed E-state index contributed by atoms with van der Waals surface area (Å²) in [5.41, 5.74) is 5.81. The predicted octanol–water partition coefficient (Wildman–Crippen LogP) is -0.0936. The number of amides is 2. The fourth-order valence-electron chi connectivity index (χ4n) is 1.17. The van der Waals surface area contributed by atoms with Gasteiger partial charge in [-0.3, -0.25) is 9.59 Å². The van der Waals surface area contributed by atoms with Crippen LogP contribution in [0.4, 0.5) is 0 Å². The van der Waals surface area contributed by atoms with E-state index in [0.717, 1.165) is 6.42 Å². The molecule has 0 rings (SSSR count). The molecule has 5 nitrogen and oxygen atoms in total. The van der Waals surface area contributed by atoms with Gasteiger partial charge >= 0.3 is 0 Å². The molecule has 2 N–H and O–H groups in total. The quantitative estimate of drug-likeness (QED) is 0.716. The van der Waals surface area contributed by atoms with Crippen LogP contribution in [0.15, 0.2) is 0 Å². The van der Waals surface area contributed by atoms with E-state index in [1.165, 1.54) is 9.80 Å². The zero-order valence-electron chi connectivity index (χ0n) is 10.9. The lowest BCUT2D eigenvalue weighted by Gasteiger charge is -2.25. The molecule has 0 saturated carbocycles. The van der Waals surface area contributed by atoms with Gasteiger partial charge in [0.1, 0.15) is 0 Å². The first-order valence-corrected chi connectivity index (χ1v) is 5.51. The first kappa shape index (κ1) is 14.9. The lowest BCUT2D eigenvalue weighted by molar-refractivity contribution is -0.139. The van der Waals surface area contributed by atoms with Crippen LogP contribution < -0.4 is 5.73 Å². The molecule has 0 aliphatic carbocycles. The summed E-state index contributed by atoms with van der Waals surface area (Å²) in [4.78, 5) is 26.1. The van der Waals surface area contributed by atoms with Crippen molar-refractivity contribution in [2.75, 3.05) is 27.7 Å². The molecule has 1 unspecified atom stereocenters. The Morgan fingerprint density at radius 3 is 2.12 bits per heavy atom. The maximum Gasteiger partial charge on any atom is 0.241 e. The van der Waals surface area contributed by atoms with Gasteiger partial charge in [0.05, 0.1) is 12.6 Å². The molecule has 5 heteroatoms. The SMILES string of the molecule is CCC(C)[C@H](N)C(=O)N(C)CC(=O)N(C)C. The first-order chi connectivity index (χ1) is 7.31. The summed E-state index contributed by atoms with van der Waals surface area (Å²) < 4.78 is 0. The third-order valence-corrected chi connectivity index (χ3v) is 2.79. The van der Waals surface area contributed by atoms with Crippen LogP contribution in [0.2, 0.25) is 0 Å². The van der Waals surface area contributed by atoms with Gasteiger partial charge in [0.15, 0.2) is 0 Å². The molecule has 16 heavy (non-hydrogen) atoms. The standard InChI is InChI=1S/C11H23N3O2/c1-6-8(2)10(12)11(16)14(5)7-9(15)13(3)4/h8,10H,6-7,12H2,1-5H3/t8?,10-/m0/s1. The van der Waals surface area contributed by atoms with Crippen LogP contribution in [-0.2, 0) is 9.59 Å². The predicted molar refractivity (Wildman–Crippen MR) is 63.8 cm³/mol. The molecule has 2 amide bonds. The normalized spacial score (nSPS) is 14.1. The van der Waals surface area contributed by atoms with Gasteiger partial charge in [0.2, 0.25) is 11.8 Å². The van der Waals surface area contributed by atoms with Crippen LogP contribution in [0.1, 0.15) is 20.3 Å². The number of rotatable bonds is 5. The molecule has 0 aromatic heterocycles. The molecule has 0 aliphatic heterocycles. The zero-order valence-corrected chi connectivity index (χ0v) is 10.9. The van der Waals surface area contributed by atoms with Crippen molar-refractivity contribution in [2.45, 2.75) is 26.3 Å². The highest BCUT2D eigenvalue weighted by molar-refractivity contribution is 5.87. The van der Waals surface area contributed by atoms with E-state index < -0.39 is 6.04 Å². The van der Waals surface area contributed by atoms with Crippen molar-refractivity contribution in [3.05, 3.63) is 0 Å². The number of hydrogen-bond acceptors (Lipinski definition) is 3. The number of hydrogen-bond donors (Lipinski definition) is 1. The Labute approximate surface area is 97.6 Å². The van der Waals surface area contributed by atoms with Crippen molar-refractivity contribution in [1.29, 1.82) is 0 Å². The molecular formula is C11H23N3O2. The summed E-state index contributed by atoms with van der Waals surface area (Å²) in [6, 6.07) is -0.523. The van der Waals surface area contributed by atoms with Crippen molar-refractivity contribution in [2.24, 2.45) is 11.7 Å². The summed E-state index contributed by atoms with van der Waals surface area (Å²) in [5.74, 6) is -0.152. The maximum atomic E-state index is 11.8. The number of nitrogens with zero attached hydrogens (tertiary/aromatic N) is 2. The van der Waals surface area contributed by atoms with E-state index in [9.17, 15) is 9.59 Å². The monoisotopic (exact) mass is 229 g/mol. The zero-order chi connectivity index (χ0) is 12.9. The second kappa shape index (κ2) is 6.48. The van der Waals surface area contributed by atoms with Gasteiger partial charge in [-0.25, -0.2) is 0 Å². The highest BCUT2D eigenvalue weighted by atomic mass is 16.2. The van der Waals surface area contributed by atoms with Crippen LogP contribution in [-0.4, -0.2) is 55.3 Å². The summed E-state index contributed by atoms with van der Waals surface area (Å²) in [6.45, 7) is 4.00. The molecule has 0 aliphatic rings. The topological polar surface area (TPSA) is 66.6 Å². The molecule has 2 atom stereocenters. The first-order valence-electron chi connectivity index (χ1n) is 5.51. The minimum atomic E-state index is -0.523. The minimum Gasteiger partial charge on any atom is -0.347 e. The highest BCUT2D eigenvalue weighted by Gasteiger charge is 2.24. The van der Waals surface area contributed by atoms with Gasteiger partial charge in [-0.15, -0.1) is 0 Å². The number of likely N-dealkylation sites (N-methyl/N-ethyl adjacent to an activating group) is 2. The van der Waals surface area contributed by atoms with Gasteiger partial charge in [-0.2, -0.15) is 0 Å². The second-order valence-corrected chi connectivity index (χ2v) is 4.39. The molecular weight excluding hydrogens is 206 g/mol. The number of nitrogens with two attached hydrogens (primary N) is 1. The molecule has 94 valence electrons. The van der Waals surface area contributed by atoms with Crippen molar-refractivity contribution >= 4 is 11.8 Å². The average Bonchev–Trinajstić information content (AvgIpc) is 2.25.